The molecule has 18 nitrogen and oxygen atoms in total. The summed E-state index contributed by atoms with van der Waals surface area (Å²) in [6, 6.07) is 7.53. The van der Waals surface area contributed by atoms with E-state index >= 15 is 0 Å². The van der Waals surface area contributed by atoms with Gasteiger partial charge in [-0.3, -0.25) is 48.9 Å². The quantitative estimate of drug-likeness (QED) is 0.0761. The number of amides is 6. The van der Waals surface area contributed by atoms with Gasteiger partial charge in [-0.2, -0.15) is 5.10 Å². The van der Waals surface area contributed by atoms with Crippen molar-refractivity contribution in [2.45, 2.75) is 78.8 Å². The first-order valence-corrected chi connectivity index (χ1v) is 21.5. The molecule has 2 aromatic carbocycles. The van der Waals surface area contributed by atoms with Gasteiger partial charge in [0, 0.05) is 73.1 Å². The lowest BCUT2D eigenvalue weighted by atomic mass is 9.87. The Bertz CT molecular complexity index is 2490. The molecule has 3 atom stereocenters. The van der Waals surface area contributed by atoms with Crippen LogP contribution in [0, 0.1) is 10.8 Å². The fraction of sp³-hybridized carbons (Fsp3) is 0.478. The molecule has 4 heterocycles. The van der Waals surface area contributed by atoms with Crippen LogP contribution in [0.5, 0.6) is 11.5 Å². The summed E-state index contributed by atoms with van der Waals surface area (Å²) in [5, 5.41) is 19.0. The van der Waals surface area contributed by atoms with Crippen LogP contribution < -0.4 is 36.3 Å². The van der Waals surface area contributed by atoms with Crippen molar-refractivity contribution in [1.29, 1.82) is 0 Å². The molecule has 342 valence electrons. The molecule has 0 radical (unpaired) electrons. The first kappa shape index (κ1) is 47.1. The maximum absolute atomic E-state index is 13.2. The lowest BCUT2D eigenvalue weighted by Gasteiger charge is -2.33. The molecule has 2 aliphatic heterocycles. The molecule has 6 amide bonds. The first-order chi connectivity index (χ1) is 30.5. The molecule has 64 heavy (non-hydrogen) atoms. The zero-order valence-corrected chi connectivity index (χ0v) is 37.5. The lowest BCUT2D eigenvalue weighted by molar-refractivity contribution is -0.136. The van der Waals surface area contributed by atoms with Crippen molar-refractivity contribution < 1.29 is 43.0 Å². The molecule has 6 rings (SSSR count). The fourth-order valence-corrected chi connectivity index (χ4v) is 7.80. The van der Waals surface area contributed by atoms with Crippen molar-refractivity contribution in [3.8, 4) is 22.6 Å². The molecule has 5 N–H and O–H groups in total. The Balaban J connectivity index is 0.938. The summed E-state index contributed by atoms with van der Waals surface area (Å²) in [5.74, 6) is -1.52. The number of aromatic nitrogens is 3. The number of pyridine rings is 1. The predicted molar refractivity (Wildman–Crippen MR) is 237 cm³/mol. The van der Waals surface area contributed by atoms with Gasteiger partial charge in [-0.1, -0.05) is 33.8 Å². The van der Waals surface area contributed by atoms with E-state index in [0.29, 0.717) is 67.2 Å². The van der Waals surface area contributed by atoms with E-state index in [1.54, 1.807) is 51.9 Å². The predicted octanol–water partition coefficient (Wildman–Crippen LogP) is 3.15. The summed E-state index contributed by atoms with van der Waals surface area (Å²) in [7, 11) is 4.81. The van der Waals surface area contributed by atoms with Crippen molar-refractivity contribution in [3.05, 3.63) is 75.3 Å². The number of aromatic amines is 1. The van der Waals surface area contributed by atoms with E-state index in [1.165, 1.54) is 4.57 Å². The van der Waals surface area contributed by atoms with E-state index in [0.717, 1.165) is 34.4 Å². The number of imide groups is 2. The standard InChI is InChI=1S/C46H58N8O10/c1-8-45(3,23-48-37(55)14-11-27-10-12-29-30(16-27)43(60)54(42(29)59)34-13-15-38(56)51-41(34)58)25-64-26-46(4,9-2)24-49-39(57)21-47-19-32-35(62-6)17-28(18-36(32)63-7)33-22-53(5)44(61)40-31(33)20-50-52-40/h10,12,16-18,20,22,34,47H,8-9,11,13-15,19,21,23-26H2,1-7H3,(H,48,55)(H,49,57)(H,50,52)(H,51,56,58). The van der Waals surface area contributed by atoms with Crippen LogP contribution in [0.15, 0.2) is 47.5 Å². The third kappa shape index (κ3) is 10.3. The van der Waals surface area contributed by atoms with Gasteiger partial charge in [-0.15, -0.1) is 0 Å². The van der Waals surface area contributed by atoms with Gasteiger partial charge in [-0.05, 0) is 61.1 Å². The normalized spacial score (nSPS) is 16.9. The molecule has 2 aromatic heterocycles. The highest BCUT2D eigenvalue weighted by Crippen LogP contribution is 2.37. The number of fused-ring (bicyclic) bond motifs is 2. The summed E-state index contributed by atoms with van der Waals surface area (Å²) >= 11 is 0. The van der Waals surface area contributed by atoms with E-state index in [9.17, 15) is 33.6 Å². The number of hydrogen-bond donors (Lipinski definition) is 5. The molecule has 3 unspecified atom stereocenters. The number of carbonyl (C=O) groups is 6. The van der Waals surface area contributed by atoms with E-state index in [2.05, 4.69) is 38.4 Å². The molecular formula is C46H58N8O10. The number of aryl methyl sites for hydroxylation is 2. The second-order valence-electron chi connectivity index (χ2n) is 17.3. The molecule has 0 spiro atoms. The van der Waals surface area contributed by atoms with Crippen LogP contribution in [-0.2, 0) is 43.9 Å². The minimum atomic E-state index is -1.04. The Morgan fingerprint density at radius 1 is 0.875 bits per heavy atom. The topological polar surface area (TPSA) is 232 Å². The van der Waals surface area contributed by atoms with Crippen molar-refractivity contribution in [3.63, 3.8) is 0 Å². The molecule has 4 aromatic rings. The minimum Gasteiger partial charge on any atom is -0.496 e. The van der Waals surface area contributed by atoms with Crippen molar-refractivity contribution in [1.82, 2.24) is 40.9 Å². The minimum absolute atomic E-state index is 0.0394. The summed E-state index contributed by atoms with van der Waals surface area (Å²) in [5.41, 5.74) is 2.86. The molecule has 0 aliphatic carbocycles. The van der Waals surface area contributed by atoms with E-state index in [1.807, 2.05) is 32.9 Å². The third-order valence-electron chi connectivity index (χ3n) is 12.5. The SMILES string of the molecule is CCC(C)(CNC(=O)CCc1ccc2c(c1)C(=O)N(C1CCC(=O)NC1=O)C2=O)COCC(C)(CC)CNC(=O)CNCc1c(OC)cc(-c2cn(C)c(=O)c3[nH]ncc23)cc1OC. The van der Waals surface area contributed by atoms with Crippen LogP contribution in [-0.4, -0.2) is 108 Å². The van der Waals surface area contributed by atoms with Crippen LogP contribution in [0.25, 0.3) is 22.0 Å². The number of hydrogen-bond acceptors (Lipinski definition) is 12. The van der Waals surface area contributed by atoms with Gasteiger partial charge in [0.2, 0.25) is 23.6 Å². The number of rotatable bonds is 21. The van der Waals surface area contributed by atoms with Crippen LogP contribution in [0.3, 0.4) is 0 Å². The number of ether oxygens (including phenoxy) is 3. The Morgan fingerprint density at radius 2 is 1.52 bits per heavy atom. The molecular weight excluding hydrogens is 825 g/mol. The first-order valence-electron chi connectivity index (χ1n) is 21.5. The molecule has 1 fully saturated rings. The monoisotopic (exact) mass is 882 g/mol. The lowest BCUT2D eigenvalue weighted by Crippen LogP contribution is -2.54. The molecule has 0 bridgehead atoms. The highest BCUT2D eigenvalue weighted by Gasteiger charge is 2.44. The van der Waals surface area contributed by atoms with E-state index < -0.39 is 29.7 Å². The van der Waals surface area contributed by atoms with Crippen molar-refractivity contribution >= 4 is 46.3 Å². The number of methoxy groups -OCH3 is 2. The summed E-state index contributed by atoms with van der Waals surface area (Å²) in [4.78, 5) is 89.8. The third-order valence-corrected chi connectivity index (χ3v) is 12.5. The van der Waals surface area contributed by atoms with E-state index in [-0.39, 0.29) is 65.1 Å². The second kappa shape index (κ2) is 20.0. The molecule has 0 saturated carbocycles. The Kier molecular flexibility index (Phi) is 14.7. The number of carbonyl (C=O) groups excluding carboxylic acids is 6. The van der Waals surface area contributed by atoms with E-state index in [4.69, 9.17) is 14.2 Å². The van der Waals surface area contributed by atoms with Crippen molar-refractivity contribution in [2.75, 3.05) is 47.1 Å². The smallest absolute Gasteiger partial charge is 0.276 e. The number of benzene rings is 2. The van der Waals surface area contributed by atoms with Crippen LogP contribution >= 0.6 is 0 Å². The fourth-order valence-electron chi connectivity index (χ4n) is 7.80. The van der Waals surface area contributed by atoms with Crippen LogP contribution in [0.1, 0.15) is 91.6 Å². The van der Waals surface area contributed by atoms with Gasteiger partial charge in [-0.25, -0.2) is 0 Å². The maximum atomic E-state index is 13.2. The zero-order valence-electron chi connectivity index (χ0n) is 37.5. The molecule has 2 aliphatic rings. The molecule has 18 heteroatoms. The highest BCUT2D eigenvalue weighted by molar-refractivity contribution is 6.23. The molecule has 1 saturated heterocycles. The van der Waals surface area contributed by atoms with Crippen LogP contribution in [0.4, 0.5) is 0 Å². The maximum Gasteiger partial charge on any atom is 0.276 e. The van der Waals surface area contributed by atoms with Gasteiger partial charge in [0.25, 0.3) is 17.4 Å². The van der Waals surface area contributed by atoms with Crippen molar-refractivity contribution in [2.24, 2.45) is 17.9 Å². The average molecular weight is 883 g/mol. The second-order valence-corrected chi connectivity index (χ2v) is 17.3. The summed E-state index contributed by atoms with van der Waals surface area (Å²) < 4.78 is 19.2. The summed E-state index contributed by atoms with van der Waals surface area (Å²) in [6.07, 6.45) is 5.45. The Hall–Kier alpha value is -6.40. The van der Waals surface area contributed by atoms with Gasteiger partial charge in [0.1, 0.15) is 23.1 Å². The van der Waals surface area contributed by atoms with Gasteiger partial charge < -0.3 is 34.7 Å². The average Bonchev–Trinajstić information content (AvgIpc) is 3.88. The number of H-pyrrole nitrogens is 1. The Labute approximate surface area is 371 Å². The van der Waals surface area contributed by atoms with Crippen LogP contribution in [0.2, 0.25) is 0 Å². The largest absolute Gasteiger partial charge is 0.496 e. The number of nitrogens with zero attached hydrogens (tertiary/aromatic N) is 3. The zero-order chi connectivity index (χ0) is 46.3. The van der Waals surface area contributed by atoms with Gasteiger partial charge in [0.05, 0.1) is 51.3 Å². The van der Waals surface area contributed by atoms with Gasteiger partial charge in [0.15, 0.2) is 0 Å². The number of piperidine rings is 1. The Morgan fingerprint density at radius 3 is 2.14 bits per heavy atom. The highest BCUT2D eigenvalue weighted by atomic mass is 16.5. The summed E-state index contributed by atoms with van der Waals surface area (Å²) in [6.45, 7) is 10.1. The van der Waals surface area contributed by atoms with Gasteiger partial charge >= 0.3 is 0 Å². The number of nitrogens with one attached hydrogen (secondary N) is 5.